The summed E-state index contributed by atoms with van der Waals surface area (Å²) in [5.41, 5.74) is 4.75. The molecule has 0 amide bonds. The van der Waals surface area contributed by atoms with E-state index < -0.39 is 11.9 Å². The summed E-state index contributed by atoms with van der Waals surface area (Å²) in [6, 6.07) is 0. The summed E-state index contributed by atoms with van der Waals surface area (Å²) >= 11 is 0. The zero-order chi connectivity index (χ0) is 9.72. The minimum Gasteiger partial charge on any atom is -0.393 e. The second-order valence-electron chi connectivity index (χ2n) is 2.54. The van der Waals surface area contributed by atoms with Crippen molar-refractivity contribution in [2.75, 3.05) is 0 Å². The quantitative estimate of drug-likeness (QED) is 0.383. The van der Waals surface area contributed by atoms with E-state index in [1.165, 1.54) is 0 Å². The summed E-state index contributed by atoms with van der Waals surface area (Å²) in [6.45, 7) is 6.65. The molecule has 4 nitrogen and oxygen atoms in total. The van der Waals surface area contributed by atoms with Gasteiger partial charge in [-0.25, -0.2) is 4.79 Å². The average Bonchev–Trinajstić information content (AvgIpc) is 2.02. The van der Waals surface area contributed by atoms with Crippen LogP contribution in [-0.2, 0) is 14.3 Å². The highest BCUT2D eigenvalue weighted by Gasteiger charge is 2.16. The lowest BCUT2D eigenvalue weighted by Crippen LogP contribution is -2.22. The molecule has 12 heavy (non-hydrogen) atoms. The molecule has 0 radical (unpaired) electrons. The summed E-state index contributed by atoms with van der Waals surface area (Å²) in [7, 11) is 0. The van der Waals surface area contributed by atoms with Crippen LogP contribution >= 0.6 is 0 Å². The Labute approximate surface area is 71.4 Å². The van der Waals surface area contributed by atoms with E-state index in [4.69, 9.17) is 5.73 Å². The maximum absolute atomic E-state index is 10.9. The molecule has 0 aromatic heterocycles. The Bertz CT molecular complexity index is 210. The largest absolute Gasteiger partial charge is 0.393 e. The maximum atomic E-state index is 10.9. The Balaban J connectivity index is 4.01. The number of ether oxygens (including phenoxy) is 1. The molecular formula is C8H13NO3. The van der Waals surface area contributed by atoms with E-state index in [0.717, 1.165) is 0 Å². The van der Waals surface area contributed by atoms with Gasteiger partial charge in [0.25, 0.3) is 0 Å². The Hall–Kier alpha value is -1.32. The molecule has 1 atom stereocenters. The fourth-order valence-electron chi connectivity index (χ4n) is 0.424. The molecule has 0 saturated heterocycles. The first-order chi connectivity index (χ1) is 5.49. The predicted molar refractivity (Wildman–Crippen MR) is 43.9 cm³/mol. The monoisotopic (exact) mass is 171 g/mol. The number of nitrogens with two attached hydrogens (primary N) is 1. The van der Waals surface area contributed by atoms with Gasteiger partial charge >= 0.3 is 11.9 Å². The predicted octanol–water partition coefficient (Wildman–Crippen LogP) is 0.575. The maximum Gasteiger partial charge on any atom is 0.361 e. The van der Waals surface area contributed by atoms with Crippen LogP contribution in [0.4, 0.5) is 0 Å². The molecule has 0 bridgehead atoms. The highest BCUT2D eigenvalue weighted by molar-refractivity contribution is 5.95. The number of rotatable bonds is 3. The van der Waals surface area contributed by atoms with Gasteiger partial charge in [-0.15, -0.1) is 0 Å². The van der Waals surface area contributed by atoms with Gasteiger partial charge in [-0.3, -0.25) is 4.79 Å². The third-order valence-corrected chi connectivity index (χ3v) is 1.47. The minimum absolute atomic E-state index is 0.258. The van der Waals surface area contributed by atoms with Gasteiger partial charge in [0.15, 0.2) is 0 Å². The normalized spacial score (nSPS) is 11.8. The SMILES string of the molecule is C=C(N)C(=O)OC(=O)C(C)CC. The molecule has 0 aliphatic carbocycles. The van der Waals surface area contributed by atoms with Crippen LogP contribution in [-0.4, -0.2) is 11.9 Å². The molecule has 4 heteroatoms. The zero-order valence-corrected chi connectivity index (χ0v) is 7.29. The van der Waals surface area contributed by atoms with Crippen molar-refractivity contribution in [3.05, 3.63) is 12.3 Å². The fourth-order valence-corrected chi connectivity index (χ4v) is 0.424. The smallest absolute Gasteiger partial charge is 0.361 e. The molecular weight excluding hydrogens is 158 g/mol. The van der Waals surface area contributed by atoms with E-state index in [9.17, 15) is 9.59 Å². The number of esters is 2. The third kappa shape index (κ3) is 3.18. The standard InChI is InChI=1S/C8H13NO3/c1-4-5(2)7(10)12-8(11)6(3)9/h5H,3-4,9H2,1-2H3. The Morgan fingerprint density at radius 3 is 2.42 bits per heavy atom. The first kappa shape index (κ1) is 10.7. The average molecular weight is 171 g/mol. The van der Waals surface area contributed by atoms with Gasteiger partial charge in [0, 0.05) is 0 Å². The number of hydrogen-bond acceptors (Lipinski definition) is 4. The van der Waals surface area contributed by atoms with Crippen LogP contribution in [0.15, 0.2) is 12.3 Å². The van der Waals surface area contributed by atoms with Crippen molar-refractivity contribution in [3.63, 3.8) is 0 Å². The molecule has 0 saturated carbocycles. The van der Waals surface area contributed by atoms with Gasteiger partial charge in [-0.2, -0.15) is 0 Å². The summed E-state index contributed by atoms with van der Waals surface area (Å²) in [6.07, 6.45) is 0.628. The van der Waals surface area contributed by atoms with Crippen molar-refractivity contribution >= 4 is 11.9 Å². The van der Waals surface area contributed by atoms with Gasteiger partial charge in [-0.05, 0) is 6.42 Å². The van der Waals surface area contributed by atoms with Crippen LogP contribution in [0.25, 0.3) is 0 Å². The molecule has 0 fully saturated rings. The molecule has 68 valence electrons. The van der Waals surface area contributed by atoms with E-state index >= 15 is 0 Å². The second-order valence-corrected chi connectivity index (χ2v) is 2.54. The topological polar surface area (TPSA) is 69.4 Å². The van der Waals surface area contributed by atoms with E-state index in [1.807, 2.05) is 6.92 Å². The van der Waals surface area contributed by atoms with Gasteiger partial charge in [0.2, 0.25) is 0 Å². The summed E-state index contributed by atoms with van der Waals surface area (Å²) < 4.78 is 4.36. The molecule has 2 N–H and O–H groups in total. The summed E-state index contributed by atoms with van der Waals surface area (Å²) in [5, 5.41) is 0. The van der Waals surface area contributed by atoms with Crippen molar-refractivity contribution in [3.8, 4) is 0 Å². The van der Waals surface area contributed by atoms with Crippen molar-refractivity contribution in [1.82, 2.24) is 0 Å². The molecule has 0 aliphatic rings. The van der Waals surface area contributed by atoms with E-state index in [-0.39, 0.29) is 11.6 Å². The second kappa shape index (κ2) is 4.54. The van der Waals surface area contributed by atoms with Crippen LogP contribution < -0.4 is 5.73 Å². The summed E-state index contributed by atoms with van der Waals surface area (Å²) in [4.78, 5) is 21.7. The van der Waals surface area contributed by atoms with Crippen molar-refractivity contribution in [2.45, 2.75) is 20.3 Å². The first-order valence-electron chi connectivity index (χ1n) is 3.69. The lowest BCUT2D eigenvalue weighted by molar-refractivity contribution is -0.159. The summed E-state index contributed by atoms with van der Waals surface area (Å²) in [5.74, 6) is -1.71. The van der Waals surface area contributed by atoms with Crippen LogP contribution in [0.1, 0.15) is 20.3 Å². The molecule has 0 aromatic rings. The lowest BCUT2D eigenvalue weighted by atomic mass is 10.1. The molecule has 0 aliphatic heterocycles. The van der Waals surface area contributed by atoms with Crippen LogP contribution in [0.3, 0.4) is 0 Å². The molecule has 0 rings (SSSR count). The molecule has 0 spiro atoms. The molecule has 0 aromatic carbocycles. The third-order valence-electron chi connectivity index (χ3n) is 1.47. The van der Waals surface area contributed by atoms with Crippen LogP contribution in [0.2, 0.25) is 0 Å². The van der Waals surface area contributed by atoms with Crippen molar-refractivity contribution in [2.24, 2.45) is 11.7 Å². The highest BCUT2D eigenvalue weighted by atomic mass is 16.6. The molecule has 1 unspecified atom stereocenters. The number of carbonyl (C=O) groups is 2. The van der Waals surface area contributed by atoms with E-state index in [0.29, 0.717) is 6.42 Å². The number of hydrogen-bond donors (Lipinski definition) is 1. The van der Waals surface area contributed by atoms with Crippen molar-refractivity contribution < 1.29 is 14.3 Å². The van der Waals surface area contributed by atoms with Crippen molar-refractivity contribution in [1.29, 1.82) is 0 Å². The first-order valence-corrected chi connectivity index (χ1v) is 3.69. The lowest BCUT2D eigenvalue weighted by Gasteiger charge is -2.06. The fraction of sp³-hybridized carbons (Fsp3) is 0.500. The minimum atomic E-state index is -0.861. The van der Waals surface area contributed by atoms with Gasteiger partial charge in [-0.1, -0.05) is 20.4 Å². The van der Waals surface area contributed by atoms with Crippen LogP contribution in [0.5, 0.6) is 0 Å². The number of carbonyl (C=O) groups excluding carboxylic acids is 2. The van der Waals surface area contributed by atoms with Gasteiger partial charge in [0.1, 0.15) is 5.70 Å². The van der Waals surface area contributed by atoms with E-state index in [2.05, 4.69) is 11.3 Å². The van der Waals surface area contributed by atoms with Gasteiger partial charge < -0.3 is 10.5 Å². The highest BCUT2D eigenvalue weighted by Crippen LogP contribution is 2.03. The van der Waals surface area contributed by atoms with Gasteiger partial charge in [0.05, 0.1) is 5.92 Å². The van der Waals surface area contributed by atoms with E-state index in [1.54, 1.807) is 6.92 Å². The Kier molecular flexibility index (Phi) is 4.04. The van der Waals surface area contributed by atoms with Crippen LogP contribution in [0, 0.1) is 5.92 Å². The molecule has 0 heterocycles. The Morgan fingerprint density at radius 1 is 1.58 bits per heavy atom. The Morgan fingerprint density at radius 2 is 2.08 bits per heavy atom. The zero-order valence-electron chi connectivity index (χ0n) is 7.29.